The number of carbonyl (C=O) groups excluding carboxylic acids is 1. The van der Waals surface area contributed by atoms with Crippen molar-refractivity contribution in [3.05, 3.63) is 34.9 Å². The standard InChI is InChI=1S/C15H22N2O2/c1-11-5-6-13(12(2)8-11)9-16-15(19)17-7-3-4-14(17)10-18/h5-6,8,14,18H,3-4,7,9-10H2,1-2H3,(H,16,19)/t14-/m0/s1. The van der Waals surface area contributed by atoms with Gasteiger partial charge in [-0.1, -0.05) is 23.8 Å². The molecule has 2 amide bonds. The third kappa shape index (κ3) is 3.26. The molecular weight excluding hydrogens is 240 g/mol. The summed E-state index contributed by atoms with van der Waals surface area (Å²) in [5.41, 5.74) is 3.56. The largest absolute Gasteiger partial charge is 0.394 e. The maximum Gasteiger partial charge on any atom is 0.317 e. The Morgan fingerprint density at radius 2 is 2.26 bits per heavy atom. The lowest BCUT2D eigenvalue weighted by atomic mass is 10.1. The van der Waals surface area contributed by atoms with Crippen molar-refractivity contribution in [2.45, 2.75) is 39.3 Å². The van der Waals surface area contributed by atoms with Crippen LogP contribution < -0.4 is 5.32 Å². The predicted molar refractivity (Wildman–Crippen MR) is 75.0 cm³/mol. The van der Waals surface area contributed by atoms with Gasteiger partial charge in [0.1, 0.15) is 0 Å². The lowest BCUT2D eigenvalue weighted by Gasteiger charge is -2.23. The molecule has 2 rings (SSSR count). The average molecular weight is 262 g/mol. The number of aryl methyl sites for hydroxylation is 2. The molecule has 19 heavy (non-hydrogen) atoms. The van der Waals surface area contributed by atoms with Crippen molar-refractivity contribution in [3.8, 4) is 0 Å². The van der Waals surface area contributed by atoms with Gasteiger partial charge < -0.3 is 15.3 Å². The van der Waals surface area contributed by atoms with Gasteiger partial charge >= 0.3 is 6.03 Å². The predicted octanol–water partition coefficient (Wildman–Crippen LogP) is 1.97. The lowest BCUT2D eigenvalue weighted by molar-refractivity contribution is 0.157. The quantitative estimate of drug-likeness (QED) is 0.875. The molecule has 1 saturated heterocycles. The molecule has 2 N–H and O–H groups in total. The summed E-state index contributed by atoms with van der Waals surface area (Å²) in [6.07, 6.45) is 1.87. The Bertz CT molecular complexity index is 459. The van der Waals surface area contributed by atoms with Crippen LogP contribution in [0.4, 0.5) is 4.79 Å². The first-order valence-corrected chi connectivity index (χ1v) is 6.83. The Morgan fingerprint density at radius 1 is 1.47 bits per heavy atom. The van der Waals surface area contributed by atoms with Crippen LogP contribution in [0.5, 0.6) is 0 Å². The zero-order chi connectivity index (χ0) is 13.8. The lowest BCUT2D eigenvalue weighted by Crippen LogP contribution is -2.43. The molecule has 0 saturated carbocycles. The topological polar surface area (TPSA) is 52.6 Å². The third-order valence-corrected chi connectivity index (χ3v) is 3.78. The number of carbonyl (C=O) groups is 1. The molecule has 1 fully saturated rings. The Hall–Kier alpha value is -1.55. The van der Waals surface area contributed by atoms with Crippen LogP contribution in [0.15, 0.2) is 18.2 Å². The van der Waals surface area contributed by atoms with Crippen molar-refractivity contribution < 1.29 is 9.90 Å². The first-order valence-electron chi connectivity index (χ1n) is 6.83. The van der Waals surface area contributed by atoms with Crippen LogP contribution in [-0.2, 0) is 6.54 Å². The van der Waals surface area contributed by atoms with Gasteiger partial charge in [-0.2, -0.15) is 0 Å². The molecule has 1 heterocycles. The van der Waals surface area contributed by atoms with E-state index in [0.717, 1.165) is 24.9 Å². The van der Waals surface area contributed by atoms with Gasteiger partial charge in [0.15, 0.2) is 0 Å². The number of aliphatic hydroxyl groups excluding tert-OH is 1. The number of benzene rings is 1. The molecular formula is C15H22N2O2. The second kappa shape index (κ2) is 6.06. The fourth-order valence-electron chi connectivity index (χ4n) is 2.61. The molecule has 0 unspecified atom stereocenters. The van der Waals surface area contributed by atoms with Crippen molar-refractivity contribution >= 4 is 6.03 Å². The maximum atomic E-state index is 12.1. The Morgan fingerprint density at radius 3 is 2.95 bits per heavy atom. The number of urea groups is 1. The van der Waals surface area contributed by atoms with E-state index in [-0.39, 0.29) is 18.7 Å². The van der Waals surface area contributed by atoms with Gasteiger partial charge in [-0.25, -0.2) is 4.79 Å². The molecule has 1 aromatic carbocycles. The minimum atomic E-state index is -0.0727. The van der Waals surface area contributed by atoms with Crippen LogP contribution in [0.2, 0.25) is 0 Å². The van der Waals surface area contributed by atoms with Gasteiger partial charge in [-0.15, -0.1) is 0 Å². The molecule has 1 atom stereocenters. The van der Waals surface area contributed by atoms with E-state index in [2.05, 4.69) is 37.4 Å². The number of rotatable bonds is 3. The van der Waals surface area contributed by atoms with E-state index in [9.17, 15) is 9.90 Å². The molecule has 0 aromatic heterocycles. The van der Waals surface area contributed by atoms with Crippen LogP contribution in [0.3, 0.4) is 0 Å². The Balaban J connectivity index is 1.93. The number of nitrogens with one attached hydrogen (secondary N) is 1. The van der Waals surface area contributed by atoms with Gasteiger partial charge in [-0.05, 0) is 37.8 Å². The van der Waals surface area contributed by atoms with Gasteiger partial charge in [0, 0.05) is 13.1 Å². The maximum absolute atomic E-state index is 12.1. The minimum Gasteiger partial charge on any atom is -0.394 e. The number of aliphatic hydroxyl groups is 1. The summed E-state index contributed by atoms with van der Waals surface area (Å²) in [6, 6.07) is 6.14. The Labute approximate surface area is 114 Å². The van der Waals surface area contributed by atoms with Crippen LogP contribution in [-0.4, -0.2) is 35.2 Å². The third-order valence-electron chi connectivity index (χ3n) is 3.78. The van der Waals surface area contributed by atoms with Gasteiger partial charge in [0.05, 0.1) is 12.6 Å². The van der Waals surface area contributed by atoms with Crippen molar-refractivity contribution in [3.63, 3.8) is 0 Å². The highest BCUT2D eigenvalue weighted by atomic mass is 16.3. The smallest absolute Gasteiger partial charge is 0.317 e. The zero-order valence-corrected chi connectivity index (χ0v) is 11.6. The molecule has 104 valence electrons. The van der Waals surface area contributed by atoms with E-state index in [1.54, 1.807) is 4.90 Å². The SMILES string of the molecule is Cc1ccc(CNC(=O)N2CCC[C@H]2CO)c(C)c1. The van der Waals surface area contributed by atoms with Gasteiger partial charge in [-0.3, -0.25) is 0 Å². The summed E-state index contributed by atoms with van der Waals surface area (Å²) in [5.74, 6) is 0. The number of hydrogen-bond donors (Lipinski definition) is 2. The fourth-order valence-corrected chi connectivity index (χ4v) is 2.61. The average Bonchev–Trinajstić information content (AvgIpc) is 2.85. The van der Waals surface area contributed by atoms with Gasteiger partial charge in [0.25, 0.3) is 0 Å². The molecule has 0 aliphatic carbocycles. The van der Waals surface area contributed by atoms with Crippen LogP contribution >= 0.6 is 0 Å². The molecule has 1 aromatic rings. The summed E-state index contributed by atoms with van der Waals surface area (Å²) in [4.78, 5) is 13.8. The second-order valence-corrected chi connectivity index (χ2v) is 5.26. The molecule has 4 heteroatoms. The summed E-state index contributed by atoms with van der Waals surface area (Å²) < 4.78 is 0. The minimum absolute atomic E-state index is 0.0147. The normalized spacial score (nSPS) is 18.7. The van der Waals surface area contributed by atoms with E-state index in [1.165, 1.54) is 11.1 Å². The highest BCUT2D eigenvalue weighted by Crippen LogP contribution is 2.17. The van der Waals surface area contributed by atoms with Crippen molar-refractivity contribution in [1.29, 1.82) is 0 Å². The van der Waals surface area contributed by atoms with Crippen LogP contribution in [0.25, 0.3) is 0 Å². The van der Waals surface area contributed by atoms with Crippen molar-refractivity contribution in [1.82, 2.24) is 10.2 Å². The second-order valence-electron chi connectivity index (χ2n) is 5.26. The summed E-state index contributed by atoms with van der Waals surface area (Å²) >= 11 is 0. The van der Waals surface area contributed by atoms with E-state index in [1.807, 2.05) is 0 Å². The molecule has 1 aliphatic heterocycles. The highest BCUT2D eigenvalue weighted by molar-refractivity contribution is 5.74. The van der Waals surface area contributed by atoms with E-state index < -0.39 is 0 Å². The first-order chi connectivity index (χ1) is 9.11. The van der Waals surface area contributed by atoms with Gasteiger partial charge in [0.2, 0.25) is 0 Å². The van der Waals surface area contributed by atoms with Crippen LogP contribution in [0, 0.1) is 13.8 Å². The number of likely N-dealkylation sites (tertiary alicyclic amines) is 1. The van der Waals surface area contributed by atoms with Crippen molar-refractivity contribution in [2.24, 2.45) is 0 Å². The summed E-state index contributed by atoms with van der Waals surface area (Å²) in [7, 11) is 0. The summed E-state index contributed by atoms with van der Waals surface area (Å²) in [6.45, 7) is 5.45. The Kier molecular flexibility index (Phi) is 4.43. The molecule has 0 bridgehead atoms. The van der Waals surface area contributed by atoms with Crippen molar-refractivity contribution in [2.75, 3.05) is 13.2 Å². The van der Waals surface area contributed by atoms with Crippen LogP contribution in [0.1, 0.15) is 29.5 Å². The summed E-state index contributed by atoms with van der Waals surface area (Å²) in [5, 5.41) is 12.2. The molecule has 0 radical (unpaired) electrons. The van der Waals surface area contributed by atoms with E-state index in [4.69, 9.17) is 0 Å². The number of nitrogens with zero attached hydrogens (tertiary/aromatic N) is 1. The monoisotopic (exact) mass is 262 g/mol. The molecule has 4 nitrogen and oxygen atoms in total. The zero-order valence-electron chi connectivity index (χ0n) is 11.6. The fraction of sp³-hybridized carbons (Fsp3) is 0.533. The molecule has 0 spiro atoms. The van der Waals surface area contributed by atoms with E-state index in [0.29, 0.717) is 6.54 Å². The van der Waals surface area contributed by atoms with E-state index >= 15 is 0 Å². The molecule has 1 aliphatic rings. The number of hydrogen-bond acceptors (Lipinski definition) is 2. The highest BCUT2D eigenvalue weighted by Gasteiger charge is 2.27. The first kappa shape index (κ1) is 13.9. The number of amides is 2.